The van der Waals surface area contributed by atoms with Crippen LogP contribution in [0.1, 0.15) is 52.4 Å². The fourth-order valence-corrected chi connectivity index (χ4v) is 6.46. The summed E-state index contributed by atoms with van der Waals surface area (Å²) in [6, 6.07) is 0. The lowest BCUT2D eigenvalue weighted by Gasteiger charge is -2.58. The van der Waals surface area contributed by atoms with E-state index in [0.29, 0.717) is 5.41 Å². The Morgan fingerprint density at radius 2 is 1.44 bits per heavy atom. The average molecular weight is 247 g/mol. The second-order valence-electron chi connectivity index (χ2n) is 8.77. The number of hydrogen-bond acceptors (Lipinski definition) is 1. The molecule has 5 fully saturated rings. The summed E-state index contributed by atoms with van der Waals surface area (Å²) < 4.78 is 0. The van der Waals surface area contributed by atoms with Gasteiger partial charge in [-0.05, 0) is 86.0 Å². The standard InChI is InChI=1S/C17H29N/c1-17(2)8-15(9-18-10-17)16-13-4-11-3-12(6-13)7-14(16)5-11/h11-16,18H,3-10H2,1-2H3. The second kappa shape index (κ2) is 3.98. The molecule has 1 saturated heterocycles. The lowest BCUT2D eigenvalue weighted by atomic mass is 9.48. The van der Waals surface area contributed by atoms with E-state index in [0.717, 1.165) is 35.5 Å². The monoisotopic (exact) mass is 247 g/mol. The first kappa shape index (κ1) is 11.8. The minimum atomic E-state index is 0.539. The number of hydrogen-bond donors (Lipinski definition) is 1. The molecule has 1 aliphatic heterocycles. The van der Waals surface area contributed by atoms with Gasteiger partial charge in [0.25, 0.3) is 0 Å². The maximum absolute atomic E-state index is 3.73. The van der Waals surface area contributed by atoms with Gasteiger partial charge in [-0.3, -0.25) is 0 Å². The molecule has 4 bridgehead atoms. The maximum Gasteiger partial charge on any atom is 0.000275 e. The molecule has 102 valence electrons. The van der Waals surface area contributed by atoms with Gasteiger partial charge in [0.15, 0.2) is 0 Å². The number of rotatable bonds is 1. The van der Waals surface area contributed by atoms with Crippen molar-refractivity contribution in [3.8, 4) is 0 Å². The van der Waals surface area contributed by atoms with E-state index >= 15 is 0 Å². The van der Waals surface area contributed by atoms with Crippen molar-refractivity contribution in [2.24, 2.45) is 40.9 Å². The van der Waals surface area contributed by atoms with Crippen molar-refractivity contribution in [2.45, 2.75) is 52.4 Å². The van der Waals surface area contributed by atoms with Gasteiger partial charge in [0.05, 0.1) is 0 Å². The van der Waals surface area contributed by atoms with E-state index in [1.807, 2.05) is 0 Å². The van der Waals surface area contributed by atoms with Crippen LogP contribution in [0.2, 0.25) is 0 Å². The predicted molar refractivity (Wildman–Crippen MR) is 75.3 cm³/mol. The molecular weight excluding hydrogens is 218 g/mol. The molecule has 0 aromatic heterocycles. The third kappa shape index (κ3) is 1.85. The van der Waals surface area contributed by atoms with Gasteiger partial charge in [0.2, 0.25) is 0 Å². The largest absolute Gasteiger partial charge is 0.316 e. The highest BCUT2D eigenvalue weighted by molar-refractivity contribution is 5.01. The van der Waals surface area contributed by atoms with Crippen LogP contribution < -0.4 is 5.32 Å². The van der Waals surface area contributed by atoms with Crippen LogP contribution in [0, 0.1) is 40.9 Å². The molecule has 4 saturated carbocycles. The Hall–Kier alpha value is -0.0400. The zero-order chi connectivity index (χ0) is 12.3. The molecule has 0 aromatic rings. The van der Waals surface area contributed by atoms with E-state index in [4.69, 9.17) is 0 Å². The third-order valence-corrected chi connectivity index (χ3v) is 6.67. The molecule has 1 atom stereocenters. The van der Waals surface area contributed by atoms with Crippen LogP contribution >= 0.6 is 0 Å². The van der Waals surface area contributed by atoms with Gasteiger partial charge in [-0.25, -0.2) is 0 Å². The van der Waals surface area contributed by atoms with Gasteiger partial charge in [0.1, 0.15) is 0 Å². The fourth-order valence-electron chi connectivity index (χ4n) is 6.46. The summed E-state index contributed by atoms with van der Waals surface area (Å²) in [5.41, 5.74) is 0.539. The Morgan fingerprint density at radius 1 is 0.833 bits per heavy atom. The molecule has 1 N–H and O–H groups in total. The maximum atomic E-state index is 3.73. The van der Waals surface area contributed by atoms with Crippen molar-refractivity contribution in [3.63, 3.8) is 0 Å². The Morgan fingerprint density at radius 3 is 2.00 bits per heavy atom. The van der Waals surface area contributed by atoms with Gasteiger partial charge in [0, 0.05) is 6.54 Å². The molecular formula is C17H29N. The van der Waals surface area contributed by atoms with Crippen molar-refractivity contribution in [1.29, 1.82) is 0 Å². The van der Waals surface area contributed by atoms with Crippen LogP contribution in [0.15, 0.2) is 0 Å². The summed E-state index contributed by atoms with van der Waals surface area (Å²) >= 11 is 0. The quantitative estimate of drug-likeness (QED) is 0.745. The van der Waals surface area contributed by atoms with Crippen molar-refractivity contribution in [2.75, 3.05) is 13.1 Å². The van der Waals surface area contributed by atoms with Crippen molar-refractivity contribution < 1.29 is 0 Å². The van der Waals surface area contributed by atoms with E-state index < -0.39 is 0 Å². The van der Waals surface area contributed by atoms with E-state index in [-0.39, 0.29) is 0 Å². The smallest absolute Gasteiger partial charge is 0.000275 e. The zero-order valence-corrected chi connectivity index (χ0v) is 12.1. The van der Waals surface area contributed by atoms with Gasteiger partial charge in [-0.1, -0.05) is 13.8 Å². The van der Waals surface area contributed by atoms with Crippen LogP contribution in [-0.4, -0.2) is 13.1 Å². The van der Waals surface area contributed by atoms with Gasteiger partial charge in [-0.15, -0.1) is 0 Å². The fraction of sp³-hybridized carbons (Fsp3) is 1.00. The van der Waals surface area contributed by atoms with Crippen molar-refractivity contribution in [3.05, 3.63) is 0 Å². The first-order chi connectivity index (χ1) is 8.61. The Balaban J connectivity index is 1.54. The van der Waals surface area contributed by atoms with Crippen LogP contribution in [0.3, 0.4) is 0 Å². The summed E-state index contributed by atoms with van der Waals surface area (Å²) in [6.45, 7) is 7.47. The van der Waals surface area contributed by atoms with Gasteiger partial charge < -0.3 is 5.32 Å². The molecule has 1 heteroatoms. The van der Waals surface area contributed by atoms with Crippen molar-refractivity contribution in [1.82, 2.24) is 5.32 Å². The molecule has 4 aliphatic carbocycles. The Bertz CT molecular complexity index is 305. The number of nitrogens with one attached hydrogen (secondary N) is 1. The summed E-state index contributed by atoms with van der Waals surface area (Å²) in [5, 5.41) is 3.73. The average Bonchev–Trinajstić information content (AvgIpc) is 2.25. The molecule has 1 nitrogen and oxygen atoms in total. The second-order valence-corrected chi connectivity index (χ2v) is 8.77. The van der Waals surface area contributed by atoms with Gasteiger partial charge in [-0.2, -0.15) is 0 Å². The minimum Gasteiger partial charge on any atom is -0.316 e. The lowest BCUT2D eigenvalue weighted by molar-refractivity contribution is -0.0731. The highest BCUT2D eigenvalue weighted by atomic mass is 14.9. The molecule has 0 spiro atoms. The summed E-state index contributed by atoms with van der Waals surface area (Å²) in [5.74, 6) is 6.57. The van der Waals surface area contributed by atoms with Gasteiger partial charge >= 0.3 is 0 Å². The topological polar surface area (TPSA) is 12.0 Å². The lowest BCUT2D eigenvalue weighted by Crippen LogP contribution is -2.52. The normalized spacial score (nSPS) is 53.7. The summed E-state index contributed by atoms with van der Waals surface area (Å²) in [7, 11) is 0. The highest BCUT2D eigenvalue weighted by Crippen LogP contribution is 2.59. The molecule has 5 aliphatic rings. The van der Waals surface area contributed by atoms with Crippen LogP contribution in [-0.2, 0) is 0 Å². The molecule has 5 rings (SSSR count). The van der Waals surface area contributed by atoms with Crippen molar-refractivity contribution >= 4 is 0 Å². The van der Waals surface area contributed by atoms with Crippen LogP contribution in [0.5, 0.6) is 0 Å². The van der Waals surface area contributed by atoms with Crippen LogP contribution in [0.25, 0.3) is 0 Å². The zero-order valence-electron chi connectivity index (χ0n) is 12.1. The molecule has 1 heterocycles. The molecule has 1 unspecified atom stereocenters. The van der Waals surface area contributed by atoms with Crippen LogP contribution in [0.4, 0.5) is 0 Å². The SMILES string of the molecule is CC1(C)CNCC(C2C3CC4CC(C3)CC2C4)C1. The minimum absolute atomic E-state index is 0.539. The first-order valence-corrected chi connectivity index (χ1v) is 8.31. The van der Waals surface area contributed by atoms with E-state index in [1.165, 1.54) is 19.5 Å². The van der Waals surface area contributed by atoms with E-state index in [9.17, 15) is 0 Å². The molecule has 0 amide bonds. The number of piperidine rings is 1. The highest BCUT2D eigenvalue weighted by Gasteiger charge is 2.51. The molecule has 18 heavy (non-hydrogen) atoms. The van der Waals surface area contributed by atoms with E-state index in [2.05, 4.69) is 19.2 Å². The molecule has 0 radical (unpaired) electrons. The summed E-state index contributed by atoms with van der Waals surface area (Å²) in [6.07, 6.45) is 9.44. The summed E-state index contributed by atoms with van der Waals surface area (Å²) in [4.78, 5) is 0. The Labute approximate surface area is 112 Å². The van der Waals surface area contributed by atoms with E-state index in [1.54, 1.807) is 32.1 Å². The first-order valence-electron chi connectivity index (χ1n) is 8.31. The third-order valence-electron chi connectivity index (χ3n) is 6.67. The Kier molecular flexibility index (Phi) is 2.60. The molecule has 0 aromatic carbocycles. The predicted octanol–water partition coefficient (Wildman–Crippen LogP) is 3.69.